The van der Waals surface area contributed by atoms with Crippen LogP contribution < -0.4 is 0 Å². The van der Waals surface area contributed by atoms with Crippen molar-refractivity contribution < 1.29 is 22.0 Å². The van der Waals surface area contributed by atoms with Gasteiger partial charge in [0.1, 0.15) is 17.5 Å². The Bertz CT molecular complexity index is 1220. The quantitative estimate of drug-likeness (QED) is 0.315. The fourth-order valence-electron chi connectivity index (χ4n) is 3.44. The van der Waals surface area contributed by atoms with E-state index in [1.165, 1.54) is 36.4 Å². The van der Waals surface area contributed by atoms with Gasteiger partial charge in [-0.25, -0.2) is 22.0 Å². The Morgan fingerprint density at radius 1 is 0.621 bits per heavy atom. The topological polar surface area (TPSA) is 0 Å². The van der Waals surface area contributed by atoms with Gasteiger partial charge in [0.05, 0.1) is 5.56 Å². The number of aryl methyl sites for hydroxylation is 1. The second-order valence-corrected chi connectivity index (χ2v) is 6.78. The summed E-state index contributed by atoms with van der Waals surface area (Å²) >= 11 is 0. The summed E-state index contributed by atoms with van der Waals surface area (Å²) in [5, 5.41) is 0.328. The molecule has 29 heavy (non-hydrogen) atoms. The van der Waals surface area contributed by atoms with Gasteiger partial charge < -0.3 is 0 Å². The molecule has 0 radical (unpaired) electrons. The van der Waals surface area contributed by atoms with Gasteiger partial charge in [-0.3, -0.25) is 0 Å². The minimum atomic E-state index is -1.02. The molecule has 5 heteroatoms. The number of benzene rings is 4. The highest BCUT2D eigenvalue weighted by Crippen LogP contribution is 2.34. The van der Waals surface area contributed by atoms with E-state index >= 15 is 0 Å². The average Bonchev–Trinajstić information content (AvgIpc) is 2.70. The summed E-state index contributed by atoms with van der Waals surface area (Å²) in [5.74, 6) is -4.32. The number of rotatable bonds is 3. The molecule has 4 rings (SSSR count). The maximum Gasteiger partial charge on any atom is 0.166 e. The lowest BCUT2D eigenvalue weighted by molar-refractivity contribution is 0.517. The Kier molecular flexibility index (Phi) is 4.82. The lowest BCUT2D eigenvalue weighted by Gasteiger charge is -2.11. The SMILES string of the molecule is CCc1ccc(-c2cc(F)c(-c3ccc4c(F)c(F)ccc4c3)c(F)c2)c(F)c1. The number of hydrogen-bond donors (Lipinski definition) is 0. The monoisotopic (exact) mass is 398 g/mol. The average molecular weight is 398 g/mol. The summed E-state index contributed by atoms with van der Waals surface area (Å²) in [5.41, 5.74) is 0.821. The van der Waals surface area contributed by atoms with Gasteiger partial charge in [-0.15, -0.1) is 0 Å². The number of halogens is 5. The molecule has 0 aromatic heterocycles. The van der Waals surface area contributed by atoms with Crippen molar-refractivity contribution in [1.29, 1.82) is 0 Å². The molecule has 0 spiro atoms. The van der Waals surface area contributed by atoms with Gasteiger partial charge >= 0.3 is 0 Å². The van der Waals surface area contributed by atoms with Crippen LogP contribution in [0.15, 0.2) is 60.7 Å². The highest BCUT2D eigenvalue weighted by atomic mass is 19.2. The van der Waals surface area contributed by atoms with Crippen LogP contribution >= 0.6 is 0 Å². The van der Waals surface area contributed by atoms with Crippen molar-refractivity contribution in [1.82, 2.24) is 0 Å². The van der Waals surface area contributed by atoms with Crippen LogP contribution in [0.25, 0.3) is 33.0 Å². The van der Waals surface area contributed by atoms with Crippen LogP contribution in [-0.2, 0) is 6.42 Å². The maximum absolute atomic E-state index is 14.8. The predicted octanol–water partition coefficient (Wildman–Crippen LogP) is 7.43. The van der Waals surface area contributed by atoms with Crippen molar-refractivity contribution in [3.05, 3.63) is 95.3 Å². The van der Waals surface area contributed by atoms with Crippen LogP contribution in [0.1, 0.15) is 12.5 Å². The molecule has 0 bridgehead atoms. The Balaban J connectivity index is 1.82. The molecule has 0 aliphatic heterocycles. The molecule has 0 nitrogen and oxygen atoms in total. The van der Waals surface area contributed by atoms with E-state index in [9.17, 15) is 22.0 Å². The summed E-state index contributed by atoms with van der Waals surface area (Å²) in [7, 11) is 0. The molecule has 0 heterocycles. The van der Waals surface area contributed by atoms with Crippen LogP contribution in [0.5, 0.6) is 0 Å². The highest BCUT2D eigenvalue weighted by Gasteiger charge is 2.17. The highest BCUT2D eigenvalue weighted by molar-refractivity contribution is 5.88. The van der Waals surface area contributed by atoms with E-state index in [0.717, 1.165) is 23.8 Å². The molecular formula is C24H15F5. The van der Waals surface area contributed by atoms with E-state index in [-0.39, 0.29) is 27.6 Å². The van der Waals surface area contributed by atoms with Crippen molar-refractivity contribution in [2.75, 3.05) is 0 Å². The van der Waals surface area contributed by atoms with Gasteiger partial charge in [0, 0.05) is 10.9 Å². The first-order valence-corrected chi connectivity index (χ1v) is 9.05. The molecule has 0 amide bonds. The third-order valence-electron chi connectivity index (χ3n) is 4.99. The van der Waals surface area contributed by atoms with Crippen molar-refractivity contribution in [3.63, 3.8) is 0 Å². The minimum absolute atomic E-state index is 0.0178. The smallest absolute Gasteiger partial charge is 0.166 e. The largest absolute Gasteiger partial charge is 0.206 e. The molecule has 0 N–H and O–H groups in total. The van der Waals surface area contributed by atoms with E-state index in [0.29, 0.717) is 11.8 Å². The van der Waals surface area contributed by atoms with E-state index in [2.05, 4.69) is 0 Å². The predicted molar refractivity (Wildman–Crippen MR) is 104 cm³/mol. The van der Waals surface area contributed by atoms with Gasteiger partial charge in [-0.05, 0) is 58.8 Å². The summed E-state index contributed by atoms with van der Waals surface area (Å²) in [6, 6.07) is 13.0. The zero-order valence-corrected chi connectivity index (χ0v) is 15.4. The minimum Gasteiger partial charge on any atom is -0.206 e. The summed E-state index contributed by atoms with van der Waals surface area (Å²) in [6.45, 7) is 1.88. The first kappa shape index (κ1) is 19.1. The third kappa shape index (κ3) is 3.37. The summed E-state index contributed by atoms with van der Waals surface area (Å²) < 4.78 is 71.2. The van der Waals surface area contributed by atoms with Crippen LogP contribution in [0.4, 0.5) is 22.0 Å². The van der Waals surface area contributed by atoms with E-state index in [1.807, 2.05) is 6.92 Å². The van der Waals surface area contributed by atoms with Gasteiger partial charge in [0.2, 0.25) is 0 Å². The molecule has 146 valence electrons. The fourth-order valence-corrected chi connectivity index (χ4v) is 3.44. The molecular weight excluding hydrogens is 383 g/mol. The second kappa shape index (κ2) is 7.32. The van der Waals surface area contributed by atoms with Crippen molar-refractivity contribution >= 4 is 10.8 Å². The zero-order chi connectivity index (χ0) is 20.7. The van der Waals surface area contributed by atoms with Crippen LogP contribution in [0, 0.1) is 29.1 Å². The molecule has 0 aliphatic rings. The normalized spacial score (nSPS) is 11.2. The number of fused-ring (bicyclic) bond motifs is 1. The fraction of sp³-hybridized carbons (Fsp3) is 0.0833. The molecule has 0 atom stereocenters. The molecule has 0 aliphatic carbocycles. The van der Waals surface area contributed by atoms with E-state index < -0.39 is 29.1 Å². The maximum atomic E-state index is 14.8. The molecule has 4 aromatic rings. The Morgan fingerprint density at radius 2 is 1.34 bits per heavy atom. The molecule has 0 saturated carbocycles. The van der Waals surface area contributed by atoms with Crippen LogP contribution in [-0.4, -0.2) is 0 Å². The molecule has 4 aromatic carbocycles. The Morgan fingerprint density at radius 3 is 2.00 bits per heavy atom. The van der Waals surface area contributed by atoms with Crippen molar-refractivity contribution in [2.24, 2.45) is 0 Å². The lowest BCUT2D eigenvalue weighted by Crippen LogP contribution is -1.95. The Hall–Kier alpha value is -3.21. The van der Waals surface area contributed by atoms with Crippen molar-refractivity contribution in [2.45, 2.75) is 13.3 Å². The zero-order valence-electron chi connectivity index (χ0n) is 15.4. The van der Waals surface area contributed by atoms with Gasteiger partial charge in [0.15, 0.2) is 11.6 Å². The third-order valence-corrected chi connectivity index (χ3v) is 4.99. The summed E-state index contributed by atoms with van der Waals surface area (Å²) in [6.07, 6.45) is 0.644. The van der Waals surface area contributed by atoms with Crippen LogP contribution in [0.3, 0.4) is 0 Å². The van der Waals surface area contributed by atoms with Gasteiger partial charge in [-0.2, -0.15) is 0 Å². The van der Waals surface area contributed by atoms with Gasteiger partial charge in [-0.1, -0.05) is 37.3 Å². The van der Waals surface area contributed by atoms with E-state index in [1.54, 1.807) is 6.07 Å². The first-order chi connectivity index (χ1) is 13.9. The molecule has 0 saturated heterocycles. The van der Waals surface area contributed by atoms with Crippen LogP contribution in [0.2, 0.25) is 0 Å². The second-order valence-electron chi connectivity index (χ2n) is 6.78. The molecule has 0 fully saturated rings. The van der Waals surface area contributed by atoms with E-state index in [4.69, 9.17) is 0 Å². The number of hydrogen-bond acceptors (Lipinski definition) is 0. The standard InChI is InChI=1S/C24H15F5/c1-2-13-3-6-17(20(26)9-13)16-11-21(27)23(22(28)12-16)15-4-7-18-14(10-15)5-8-19(25)24(18)29/h3-12H,2H2,1H3. The first-order valence-electron chi connectivity index (χ1n) is 9.05. The van der Waals surface area contributed by atoms with Gasteiger partial charge in [0.25, 0.3) is 0 Å². The Labute approximate surface area is 164 Å². The van der Waals surface area contributed by atoms with Crippen molar-refractivity contribution in [3.8, 4) is 22.3 Å². The molecule has 0 unspecified atom stereocenters. The lowest BCUT2D eigenvalue weighted by atomic mass is 9.96. The summed E-state index contributed by atoms with van der Waals surface area (Å²) in [4.78, 5) is 0.